The number of rotatable bonds is 5. The molecule has 0 aliphatic carbocycles. The van der Waals surface area contributed by atoms with Crippen LogP contribution in [0.25, 0.3) is 16.0 Å². The van der Waals surface area contributed by atoms with Crippen LogP contribution in [-0.2, 0) is 13.1 Å². The van der Waals surface area contributed by atoms with E-state index in [-0.39, 0.29) is 17.8 Å². The molecule has 0 N–H and O–H groups in total. The van der Waals surface area contributed by atoms with Gasteiger partial charge in [-0.1, -0.05) is 48.0 Å². The molecule has 8 heteroatoms. The third kappa shape index (κ3) is 3.25. The maximum atomic E-state index is 13.3. The number of benzene rings is 2. The van der Waals surface area contributed by atoms with Crippen LogP contribution in [0.4, 0.5) is 0 Å². The van der Waals surface area contributed by atoms with Crippen LogP contribution >= 0.6 is 11.3 Å². The molecule has 0 aliphatic heterocycles. The van der Waals surface area contributed by atoms with E-state index in [4.69, 9.17) is 4.74 Å². The van der Waals surface area contributed by atoms with Gasteiger partial charge >= 0.3 is 5.69 Å². The fourth-order valence-electron chi connectivity index (χ4n) is 3.75. The molecule has 3 heterocycles. The van der Waals surface area contributed by atoms with Crippen molar-refractivity contribution in [3.8, 4) is 5.75 Å². The molecule has 2 aromatic carbocycles. The Hall–Kier alpha value is -3.65. The number of methoxy groups -OCH3 is 1. The monoisotopic (exact) mass is 432 g/mol. The lowest BCUT2D eigenvalue weighted by Gasteiger charge is -2.11. The van der Waals surface area contributed by atoms with E-state index in [1.165, 1.54) is 20.4 Å². The smallest absolute Gasteiger partial charge is 0.352 e. The van der Waals surface area contributed by atoms with Crippen LogP contribution in [0.5, 0.6) is 5.75 Å². The van der Waals surface area contributed by atoms with E-state index in [1.54, 1.807) is 17.7 Å². The van der Waals surface area contributed by atoms with Crippen LogP contribution in [0.2, 0.25) is 0 Å². The minimum Gasteiger partial charge on any atom is -0.496 e. The molecule has 0 spiro atoms. The maximum absolute atomic E-state index is 13.3. The number of fused-ring (bicyclic) bond motifs is 3. The van der Waals surface area contributed by atoms with Crippen molar-refractivity contribution in [1.29, 1.82) is 0 Å². The quantitative estimate of drug-likeness (QED) is 0.427. The summed E-state index contributed by atoms with van der Waals surface area (Å²) in [6.45, 7) is 2.60. The molecule has 0 bridgehead atoms. The van der Waals surface area contributed by atoms with Crippen LogP contribution < -0.4 is 16.0 Å². The summed E-state index contributed by atoms with van der Waals surface area (Å²) < 4.78 is 10.5. The molecule has 3 aromatic heterocycles. The Labute approximate surface area is 181 Å². The molecule has 0 unspecified atom stereocenters. The highest BCUT2D eigenvalue weighted by Crippen LogP contribution is 2.21. The second-order valence-electron chi connectivity index (χ2n) is 7.40. The standard InChI is InChI=1S/C23H20N4O3S/c1-15-7-9-16(10-8-15)13-26-23(29)27-18-11-12-31-20(18)21(28)25(22(27)24-26)14-17-5-3-4-6-19(17)30-2/h3-12H,13-14H2,1-2H3. The Kier molecular flexibility index (Phi) is 4.71. The number of ether oxygens (including phenoxy) is 1. The van der Waals surface area contributed by atoms with Gasteiger partial charge in [0.25, 0.3) is 5.56 Å². The molecule has 0 saturated heterocycles. The number of para-hydroxylation sites is 1. The normalized spacial score (nSPS) is 11.4. The van der Waals surface area contributed by atoms with E-state index >= 15 is 0 Å². The van der Waals surface area contributed by atoms with Crippen molar-refractivity contribution in [2.75, 3.05) is 7.11 Å². The van der Waals surface area contributed by atoms with Crippen molar-refractivity contribution in [2.24, 2.45) is 0 Å². The van der Waals surface area contributed by atoms with Crippen molar-refractivity contribution in [1.82, 2.24) is 18.7 Å². The zero-order chi connectivity index (χ0) is 21.5. The van der Waals surface area contributed by atoms with Gasteiger partial charge < -0.3 is 4.74 Å². The van der Waals surface area contributed by atoms with Gasteiger partial charge in [0.2, 0.25) is 5.78 Å². The molecule has 0 radical (unpaired) electrons. The first-order valence-electron chi connectivity index (χ1n) is 9.84. The molecule has 0 saturated carbocycles. The molecule has 0 fully saturated rings. The van der Waals surface area contributed by atoms with E-state index in [0.29, 0.717) is 28.3 Å². The van der Waals surface area contributed by atoms with Gasteiger partial charge in [-0.05, 0) is 30.0 Å². The number of hydrogen-bond donors (Lipinski definition) is 0. The molecular formula is C23H20N4O3S. The number of nitrogens with zero attached hydrogens (tertiary/aromatic N) is 4. The number of aryl methyl sites for hydroxylation is 1. The number of aromatic nitrogens is 4. The minimum atomic E-state index is -0.271. The second-order valence-corrected chi connectivity index (χ2v) is 8.32. The highest BCUT2D eigenvalue weighted by molar-refractivity contribution is 7.17. The van der Waals surface area contributed by atoms with Gasteiger partial charge in [-0.25, -0.2) is 13.9 Å². The summed E-state index contributed by atoms with van der Waals surface area (Å²) in [5.41, 5.74) is 3.10. The molecule has 7 nitrogen and oxygen atoms in total. The second kappa shape index (κ2) is 7.55. The van der Waals surface area contributed by atoms with Gasteiger partial charge in [-0.2, -0.15) is 0 Å². The van der Waals surface area contributed by atoms with E-state index in [1.807, 2.05) is 60.8 Å². The van der Waals surface area contributed by atoms with Crippen LogP contribution in [0.1, 0.15) is 16.7 Å². The topological polar surface area (TPSA) is 70.5 Å². The summed E-state index contributed by atoms with van der Waals surface area (Å²) in [4.78, 5) is 26.6. The Bertz CT molecular complexity index is 1520. The Morgan fingerprint density at radius 1 is 1.00 bits per heavy atom. The van der Waals surface area contributed by atoms with Gasteiger partial charge in [-0.3, -0.25) is 9.36 Å². The van der Waals surface area contributed by atoms with Gasteiger partial charge in [0.05, 0.1) is 25.7 Å². The van der Waals surface area contributed by atoms with Gasteiger partial charge in [0.1, 0.15) is 10.4 Å². The van der Waals surface area contributed by atoms with Crippen molar-refractivity contribution in [3.63, 3.8) is 0 Å². The van der Waals surface area contributed by atoms with Crippen molar-refractivity contribution in [3.05, 3.63) is 97.5 Å². The molecule has 5 aromatic rings. The highest BCUT2D eigenvalue weighted by Gasteiger charge is 2.19. The Balaban J connectivity index is 1.72. The number of thiophene rings is 1. The fourth-order valence-corrected chi connectivity index (χ4v) is 4.57. The molecule has 0 aliphatic rings. The van der Waals surface area contributed by atoms with Gasteiger partial charge in [-0.15, -0.1) is 16.4 Å². The van der Waals surface area contributed by atoms with E-state index in [2.05, 4.69) is 5.10 Å². The average Bonchev–Trinajstić information content (AvgIpc) is 3.38. The van der Waals surface area contributed by atoms with Crippen molar-refractivity contribution < 1.29 is 4.74 Å². The summed E-state index contributed by atoms with van der Waals surface area (Å²) in [5.74, 6) is 0.999. The first-order chi connectivity index (χ1) is 15.1. The fraction of sp³-hybridized carbons (Fsp3) is 0.174. The zero-order valence-corrected chi connectivity index (χ0v) is 17.9. The largest absolute Gasteiger partial charge is 0.496 e. The Morgan fingerprint density at radius 2 is 1.77 bits per heavy atom. The lowest BCUT2D eigenvalue weighted by molar-refractivity contribution is 0.408. The molecule has 0 amide bonds. The predicted octanol–water partition coefficient (Wildman–Crippen LogP) is 3.29. The predicted molar refractivity (Wildman–Crippen MR) is 121 cm³/mol. The number of hydrogen-bond acceptors (Lipinski definition) is 5. The van der Waals surface area contributed by atoms with Crippen LogP contribution in [0.3, 0.4) is 0 Å². The van der Waals surface area contributed by atoms with Gasteiger partial charge in [0.15, 0.2) is 0 Å². The third-order valence-corrected chi connectivity index (χ3v) is 6.25. The average molecular weight is 433 g/mol. The first-order valence-corrected chi connectivity index (χ1v) is 10.7. The van der Waals surface area contributed by atoms with Crippen molar-refractivity contribution >= 4 is 27.3 Å². The summed E-state index contributed by atoms with van der Waals surface area (Å²) in [6, 6.07) is 17.3. The van der Waals surface area contributed by atoms with Gasteiger partial charge in [0, 0.05) is 5.56 Å². The lowest BCUT2D eigenvalue weighted by atomic mass is 10.1. The summed E-state index contributed by atoms with van der Waals surface area (Å²) in [5, 5.41) is 6.39. The van der Waals surface area contributed by atoms with Crippen LogP contribution in [0, 0.1) is 6.92 Å². The molecule has 31 heavy (non-hydrogen) atoms. The summed E-state index contributed by atoms with van der Waals surface area (Å²) in [6.07, 6.45) is 0. The minimum absolute atomic E-state index is 0.170. The van der Waals surface area contributed by atoms with E-state index in [9.17, 15) is 9.59 Å². The van der Waals surface area contributed by atoms with E-state index < -0.39 is 0 Å². The first kappa shape index (κ1) is 19.3. The van der Waals surface area contributed by atoms with Crippen LogP contribution in [0.15, 0.2) is 69.6 Å². The molecular weight excluding hydrogens is 412 g/mol. The third-order valence-electron chi connectivity index (χ3n) is 5.36. The summed E-state index contributed by atoms with van der Waals surface area (Å²) in [7, 11) is 1.60. The molecule has 156 valence electrons. The summed E-state index contributed by atoms with van der Waals surface area (Å²) >= 11 is 1.33. The zero-order valence-electron chi connectivity index (χ0n) is 17.1. The SMILES string of the molecule is COc1ccccc1Cn1c(=O)c2sccc2n2c(=O)n(Cc3ccc(C)cc3)nc12. The Morgan fingerprint density at radius 3 is 2.55 bits per heavy atom. The lowest BCUT2D eigenvalue weighted by Crippen LogP contribution is -2.26. The van der Waals surface area contributed by atoms with Crippen molar-refractivity contribution in [2.45, 2.75) is 20.0 Å². The van der Waals surface area contributed by atoms with Crippen LogP contribution in [-0.4, -0.2) is 25.9 Å². The molecule has 0 atom stereocenters. The maximum Gasteiger partial charge on any atom is 0.352 e. The molecule has 5 rings (SSSR count). The highest BCUT2D eigenvalue weighted by atomic mass is 32.1. The van der Waals surface area contributed by atoms with E-state index in [0.717, 1.165) is 16.7 Å².